The summed E-state index contributed by atoms with van der Waals surface area (Å²) in [6, 6.07) is -0.918. The second kappa shape index (κ2) is 41.2. The Morgan fingerprint density at radius 2 is 1.00 bits per heavy atom. The maximum atomic E-state index is 13.2. The van der Waals surface area contributed by atoms with Gasteiger partial charge < -0.3 is 65.1 Å². The molecule has 2 fully saturated rings. The second-order valence-electron chi connectivity index (χ2n) is 19.0. The molecular formula is C55H97NO13. The molecule has 2 saturated heterocycles. The van der Waals surface area contributed by atoms with Crippen LogP contribution >= 0.6 is 0 Å². The minimum Gasteiger partial charge on any atom is -0.394 e. The molecule has 0 radical (unpaired) electrons. The molecule has 2 heterocycles. The van der Waals surface area contributed by atoms with Crippen molar-refractivity contribution in [3.05, 3.63) is 60.8 Å². The van der Waals surface area contributed by atoms with Crippen LogP contribution in [0.2, 0.25) is 0 Å². The Hall–Kier alpha value is -2.31. The Kier molecular flexibility index (Phi) is 37.5. The summed E-state index contributed by atoms with van der Waals surface area (Å²) in [4.78, 5) is 13.2. The van der Waals surface area contributed by atoms with E-state index in [0.717, 1.165) is 70.6 Å². The number of amides is 1. The highest BCUT2D eigenvalue weighted by Gasteiger charge is 2.51. The molecule has 14 nitrogen and oxygen atoms in total. The molecule has 69 heavy (non-hydrogen) atoms. The Morgan fingerprint density at radius 1 is 0.536 bits per heavy atom. The molecule has 2 aliphatic rings. The van der Waals surface area contributed by atoms with Crippen molar-refractivity contribution in [2.45, 2.75) is 261 Å². The molecule has 14 heteroatoms. The van der Waals surface area contributed by atoms with E-state index < -0.39 is 86.8 Å². The number of carbonyl (C=O) groups excluding carboxylic acids is 1. The minimum absolute atomic E-state index is 0.248. The summed E-state index contributed by atoms with van der Waals surface area (Å²) in [6.45, 7) is 2.65. The predicted octanol–water partition coefficient (Wildman–Crippen LogP) is 7.83. The normalized spacial score (nSPS) is 26.6. The molecule has 400 valence electrons. The molecular weight excluding hydrogens is 883 g/mol. The summed E-state index contributed by atoms with van der Waals surface area (Å²) in [6.07, 6.45) is 34.0. The van der Waals surface area contributed by atoms with Gasteiger partial charge in [-0.2, -0.15) is 0 Å². The smallest absolute Gasteiger partial charge is 0.220 e. The van der Waals surface area contributed by atoms with E-state index in [9.17, 15) is 45.6 Å². The number of unbranched alkanes of at least 4 members (excludes halogenated alkanes) is 20. The lowest BCUT2D eigenvalue weighted by Crippen LogP contribution is -2.65. The monoisotopic (exact) mass is 980 g/mol. The molecule has 9 N–H and O–H groups in total. The van der Waals surface area contributed by atoms with Crippen molar-refractivity contribution in [3.63, 3.8) is 0 Å². The third-order valence-electron chi connectivity index (χ3n) is 13.0. The van der Waals surface area contributed by atoms with Gasteiger partial charge in [-0.3, -0.25) is 4.79 Å². The number of allylic oxidation sites excluding steroid dienone is 9. The Morgan fingerprint density at radius 3 is 1.54 bits per heavy atom. The lowest BCUT2D eigenvalue weighted by atomic mass is 9.97. The van der Waals surface area contributed by atoms with Gasteiger partial charge in [0, 0.05) is 6.42 Å². The zero-order valence-corrected chi connectivity index (χ0v) is 42.5. The molecule has 0 saturated carbocycles. The van der Waals surface area contributed by atoms with Gasteiger partial charge in [0.25, 0.3) is 0 Å². The Bertz CT molecular complexity index is 1390. The van der Waals surface area contributed by atoms with Crippen molar-refractivity contribution in [2.75, 3.05) is 19.8 Å². The van der Waals surface area contributed by atoms with E-state index in [-0.39, 0.29) is 18.9 Å². The van der Waals surface area contributed by atoms with Crippen molar-refractivity contribution in [1.29, 1.82) is 0 Å². The topological polar surface area (TPSA) is 228 Å². The fraction of sp³-hybridized carbons (Fsp3) is 0.800. The summed E-state index contributed by atoms with van der Waals surface area (Å²) in [5, 5.41) is 86.8. The van der Waals surface area contributed by atoms with Crippen molar-refractivity contribution in [3.8, 4) is 0 Å². The molecule has 0 aliphatic carbocycles. The third kappa shape index (κ3) is 27.9. The molecule has 12 unspecified atom stereocenters. The molecule has 0 aromatic rings. The first-order chi connectivity index (χ1) is 33.6. The quantitative estimate of drug-likeness (QED) is 0.0211. The first kappa shape index (κ1) is 62.8. The minimum atomic E-state index is -1.79. The lowest BCUT2D eigenvalue weighted by Gasteiger charge is -2.46. The highest BCUT2D eigenvalue weighted by molar-refractivity contribution is 5.76. The van der Waals surface area contributed by atoms with Crippen molar-refractivity contribution < 1.29 is 64.6 Å². The molecule has 0 aromatic heterocycles. The van der Waals surface area contributed by atoms with Gasteiger partial charge in [0.1, 0.15) is 48.8 Å². The maximum Gasteiger partial charge on any atom is 0.220 e. The number of hydrogen-bond donors (Lipinski definition) is 9. The number of aliphatic hydroxyl groups excluding tert-OH is 8. The van der Waals surface area contributed by atoms with Crippen LogP contribution in [0.25, 0.3) is 0 Å². The number of nitrogens with one attached hydrogen (secondary N) is 1. The average Bonchev–Trinajstić information content (AvgIpc) is 3.35. The molecule has 0 bridgehead atoms. The first-order valence-electron chi connectivity index (χ1n) is 27.0. The SMILES string of the molecule is CC/C=C\C/C=C\C/C=C\C/C=C\CCCCCCCCCCCCC(=O)NC(COC1OC(CO)C(OC2OC(CO)C(O)C(O)C2O)C(O)C1O)C(O)/C=C/CCCCCCCCCCCC. The van der Waals surface area contributed by atoms with Gasteiger partial charge in [-0.1, -0.05) is 184 Å². The third-order valence-corrected chi connectivity index (χ3v) is 13.0. The maximum absolute atomic E-state index is 13.2. The van der Waals surface area contributed by atoms with Crippen LogP contribution in [0.4, 0.5) is 0 Å². The summed E-state index contributed by atoms with van der Waals surface area (Å²) < 4.78 is 22.7. The number of carbonyl (C=O) groups is 1. The van der Waals surface area contributed by atoms with Crippen LogP contribution in [0.1, 0.15) is 187 Å². The average molecular weight is 980 g/mol. The van der Waals surface area contributed by atoms with Crippen LogP contribution in [0.15, 0.2) is 60.8 Å². The zero-order chi connectivity index (χ0) is 50.3. The van der Waals surface area contributed by atoms with Crippen molar-refractivity contribution in [2.24, 2.45) is 0 Å². The van der Waals surface area contributed by atoms with E-state index >= 15 is 0 Å². The fourth-order valence-electron chi connectivity index (χ4n) is 8.58. The Labute approximate surface area is 416 Å². The summed E-state index contributed by atoms with van der Waals surface area (Å²) in [7, 11) is 0. The Balaban J connectivity index is 1.78. The van der Waals surface area contributed by atoms with Crippen LogP contribution in [0.3, 0.4) is 0 Å². The van der Waals surface area contributed by atoms with E-state index in [0.29, 0.717) is 6.42 Å². The van der Waals surface area contributed by atoms with Gasteiger partial charge in [-0.25, -0.2) is 0 Å². The molecule has 0 aromatic carbocycles. The van der Waals surface area contributed by atoms with Gasteiger partial charge >= 0.3 is 0 Å². The van der Waals surface area contributed by atoms with Crippen molar-refractivity contribution >= 4 is 5.91 Å². The van der Waals surface area contributed by atoms with E-state index in [4.69, 9.17) is 18.9 Å². The predicted molar refractivity (Wildman–Crippen MR) is 272 cm³/mol. The van der Waals surface area contributed by atoms with Crippen LogP contribution in [-0.4, -0.2) is 140 Å². The summed E-state index contributed by atoms with van der Waals surface area (Å²) in [5.41, 5.74) is 0. The summed E-state index contributed by atoms with van der Waals surface area (Å²) in [5.74, 6) is -0.248. The first-order valence-corrected chi connectivity index (χ1v) is 27.0. The molecule has 0 spiro atoms. The number of rotatable bonds is 41. The number of ether oxygens (including phenoxy) is 4. The molecule has 2 rings (SSSR count). The van der Waals surface area contributed by atoms with Crippen LogP contribution in [0.5, 0.6) is 0 Å². The van der Waals surface area contributed by atoms with Crippen LogP contribution in [-0.2, 0) is 23.7 Å². The number of hydrogen-bond acceptors (Lipinski definition) is 13. The summed E-state index contributed by atoms with van der Waals surface area (Å²) >= 11 is 0. The highest BCUT2D eigenvalue weighted by atomic mass is 16.7. The van der Waals surface area contributed by atoms with Crippen LogP contribution < -0.4 is 5.32 Å². The standard InChI is InChI=1S/C55H97NO13/c1-3-5-7-9-11-13-15-17-18-19-20-21-22-23-24-25-26-27-29-31-33-35-37-39-47(60)56-43(44(59)38-36-34-32-30-28-16-14-12-10-8-6-4-2)42-66-54-52(65)50(63)53(46(41-58)68-54)69-55-51(64)49(62)48(61)45(40-57)67-55/h5,7,11,13,17-18,20-21,36,38,43-46,48-55,57-59,61-65H,3-4,6,8-10,12,14-16,19,22-35,37,39-42H2,1-2H3,(H,56,60)/b7-5-,13-11-,18-17-,21-20-,38-36+. The highest BCUT2D eigenvalue weighted by Crippen LogP contribution is 2.30. The molecule has 1 amide bonds. The van der Waals surface area contributed by atoms with Crippen molar-refractivity contribution in [1.82, 2.24) is 5.32 Å². The lowest BCUT2D eigenvalue weighted by molar-refractivity contribution is -0.359. The second-order valence-corrected chi connectivity index (χ2v) is 19.0. The van der Waals surface area contributed by atoms with E-state index in [2.05, 4.69) is 67.8 Å². The zero-order valence-electron chi connectivity index (χ0n) is 42.5. The van der Waals surface area contributed by atoms with Gasteiger partial charge in [-0.15, -0.1) is 0 Å². The molecule has 2 aliphatic heterocycles. The van der Waals surface area contributed by atoms with Gasteiger partial charge in [0.05, 0.1) is 32.0 Å². The largest absolute Gasteiger partial charge is 0.394 e. The van der Waals surface area contributed by atoms with Gasteiger partial charge in [0.2, 0.25) is 5.91 Å². The van der Waals surface area contributed by atoms with E-state index in [1.165, 1.54) is 89.9 Å². The fourth-order valence-corrected chi connectivity index (χ4v) is 8.58. The van der Waals surface area contributed by atoms with Gasteiger partial charge in [-0.05, 0) is 57.8 Å². The number of aliphatic hydroxyl groups is 8. The van der Waals surface area contributed by atoms with E-state index in [1.807, 2.05) is 6.08 Å². The van der Waals surface area contributed by atoms with Gasteiger partial charge in [0.15, 0.2) is 12.6 Å². The molecule has 12 atom stereocenters. The van der Waals surface area contributed by atoms with E-state index in [1.54, 1.807) is 6.08 Å². The van der Waals surface area contributed by atoms with Crippen LogP contribution in [0, 0.1) is 0 Å².